The molecule has 1 aromatic heterocycles. The number of aromatic nitrogens is 1. The lowest BCUT2D eigenvalue weighted by Gasteiger charge is -2.31. The van der Waals surface area contributed by atoms with Crippen molar-refractivity contribution >= 4 is 17.5 Å². The van der Waals surface area contributed by atoms with E-state index in [1.54, 1.807) is 23.2 Å². The molecule has 3 heterocycles. The third-order valence-corrected chi connectivity index (χ3v) is 6.22. The van der Waals surface area contributed by atoms with E-state index in [9.17, 15) is 4.79 Å². The summed E-state index contributed by atoms with van der Waals surface area (Å²) in [6.45, 7) is 4.83. The molecule has 170 valence electrons. The van der Waals surface area contributed by atoms with Crippen molar-refractivity contribution in [2.75, 3.05) is 6.61 Å². The van der Waals surface area contributed by atoms with Crippen LogP contribution in [0, 0.1) is 6.92 Å². The number of benzene rings is 2. The van der Waals surface area contributed by atoms with Crippen LogP contribution in [-0.4, -0.2) is 33.4 Å². The minimum absolute atomic E-state index is 0.0360. The van der Waals surface area contributed by atoms with Crippen molar-refractivity contribution in [2.24, 2.45) is 0 Å². The van der Waals surface area contributed by atoms with Crippen molar-refractivity contribution in [1.82, 2.24) is 20.3 Å². The first-order valence-electron chi connectivity index (χ1n) is 11.0. The van der Waals surface area contributed by atoms with E-state index in [1.807, 2.05) is 61.5 Å². The van der Waals surface area contributed by atoms with Crippen molar-refractivity contribution in [3.8, 4) is 17.2 Å². The highest BCUT2D eigenvalue weighted by molar-refractivity contribution is 6.30. The van der Waals surface area contributed by atoms with Gasteiger partial charge in [-0.1, -0.05) is 23.7 Å². The highest BCUT2D eigenvalue weighted by Crippen LogP contribution is 2.32. The van der Waals surface area contributed by atoms with Crippen LogP contribution in [0.25, 0.3) is 11.5 Å². The molecule has 2 atom stereocenters. The number of nitrogens with zero attached hydrogens (tertiary/aromatic N) is 3. The first-order valence-corrected chi connectivity index (χ1v) is 11.4. The second-order valence-corrected chi connectivity index (χ2v) is 8.57. The number of hydrogen-bond acceptors (Lipinski definition) is 6. The molecular formula is C25H25ClN4O3. The van der Waals surface area contributed by atoms with Crippen molar-refractivity contribution in [1.29, 1.82) is 0 Å². The largest absolute Gasteiger partial charge is 0.494 e. The van der Waals surface area contributed by atoms with E-state index in [4.69, 9.17) is 20.8 Å². The smallest absolute Gasteiger partial charge is 0.251 e. The summed E-state index contributed by atoms with van der Waals surface area (Å²) in [6, 6.07) is 15.2. The lowest BCUT2D eigenvalue weighted by Crippen LogP contribution is -2.47. The Labute approximate surface area is 197 Å². The molecule has 3 aromatic rings. The van der Waals surface area contributed by atoms with Crippen LogP contribution in [0.3, 0.4) is 0 Å². The van der Waals surface area contributed by atoms with E-state index in [1.165, 1.54) is 0 Å². The van der Waals surface area contributed by atoms with Crippen LogP contribution < -0.4 is 10.2 Å². The summed E-state index contributed by atoms with van der Waals surface area (Å²) in [5, 5.41) is 2.55. The quantitative estimate of drug-likeness (QED) is 0.563. The van der Waals surface area contributed by atoms with Crippen molar-refractivity contribution < 1.29 is 13.9 Å². The summed E-state index contributed by atoms with van der Waals surface area (Å²) >= 11 is 5.98. The summed E-state index contributed by atoms with van der Waals surface area (Å²) in [6.07, 6.45) is 4.39. The molecular weight excluding hydrogens is 440 g/mol. The van der Waals surface area contributed by atoms with Gasteiger partial charge in [0.25, 0.3) is 5.91 Å². The molecule has 1 amide bonds. The Morgan fingerprint density at radius 2 is 1.91 bits per heavy atom. The Balaban J connectivity index is 1.28. The van der Waals surface area contributed by atoms with Crippen LogP contribution in [-0.2, 0) is 11.3 Å². The summed E-state index contributed by atoms with van der Waals surface area (Å²) in [5.41, 5.74) is 6.14. The zero-order chi connectivity index (χ0) is 22.9. The van der Waals surface area contributed by atoms with E-state index in [2.05, 4.69) is 10.4 Å². The summed E-state index contributed by atoms with van der Waals surface area (Å²) < 4.78 is 11.4. The number of amides is 1. The van der Waals surface area contributed by atoms with Gasteiger partial charge in [0.2, 0.25) is 5.89 Å². The van der Waals surface area contributed by atoms with Gasteiger partial charge in [0.1, 0.15) is 23.2 Å². The number of oxazole rings is 1. The van der Waals surface area contributed by atoms with Crippen LogP contribution in [0.1, 0.15) is 36.4 Å². The molecule has 7 nitrogen and oxygen atoms in total. The first-order chi connectivity index (χ1) is 16.0. The monoisotopic (exact) mass is 464 g/mol. The molecule has 0 saturated carbocycles. The number of rotatable bonds is 6. The Bertz CT molecular complexity index is 1170. The van der Waals surface area contributed by atoms with Gasteiger partial charge >= 0.3 is 0 Å². The number of nitrogens with one attached hydrogen (secondary N) is 1. The van der Waals surface area contributed by atoms with Gasteiger partial charge in [-0.15, -0.1) is 0 Å². The van der Waals surface area contributed by atoms with Crippen LogP contribution in [0.15, 0.2) is 65.3 Å². The molecule has 33 heavy (non-hydrogen) atoms. The number of carbonyl (C=O) groups excluding carboxylic acids is 1. The van der Waals surface area contributed by atoms with Crippen LogP contribution in [0.4, 0.5) is 0 Å². The zero-order valence-corrected chi connectivity index (χ0v) is 19.2. The van der Waals surface area contributed by atoms with Gasteiger partial charge in [0, 0.05) is 23.0 Å². The molecule has 2 aliphatic rings. The van der Waals surface area contributed by atoms with Crippen molar-refractivity contribution in [3.63, 3.8) is 0 Å². The van der Waals surface area contributed by atoms with Crippen molar-refractivity contribution in [3.05, 3.63) is 83.0 Å². The number of carbonyl (C=O) groups is 1. The second-order valence-electron chi connectivity index (χ2n) is 8.14. The fourth-order valence-corrected chi connectivity index (χ4v) is 4.33. The van der Waals surface area contributed by atoms with Gasteiger partial charge in [-0.2, -0.15) is 0 Å². The first kappa shape index (κ1) is 21.6. The van der Waals surface area contributed by atoms with Gasteiger partial charge in [0.05, 0.1) is 19.2 Å². The molecule has 1 saturated heterocycles. The van der Waals surface area contributed by atoms with Gasteiger partial charge < -0.3 is 19.1 Å². The third-order valence-electron chi connectivity index (χ3n) is 5.97. The van der Waals surface area contributed by atoms with Gasteiger partial charge in [-0.3, -0.25) is 4.79 Å². The van der Waals surface area contributed by atoms with E-state index in [-0.39, 0.29) is 18.0 Å². The maximum Gasteiger partial charge on any atom is 0.251 e. The molecule has 1 N–H and O–H groups in total. The lowest BCUT2D eigenvalue weighted by atomic mass is 10.0. The number of ether oxygens (including phenoxy) is 1. The van der Waals surface area contributed by atoms with Gasteiger partial charge in [0.15, 0.2) is 0 Å². The molecule has 0 spiro atoms. The fourth-order valence-electron chi connectivity index (χ4n) is 4.20. The summed E-state index contributed by atoms with van der Waals surface area (Å²) in [4.78, 5) is 19.6. The SMILES string of the molecule is CCOc1ccc(C2CC3C(=O)N(Cc4nc(-c5ccc(Cl)cc5)oc4C)C=CN3N2)cc1. The Kier molecular flexibility index (Phi) is 5.83. The van der Waals surface area contributed by atoms with Crippen LogP contribution in [0.5, 0.6) is 5.75 Å². The lowest BCUT2D eigenvalue weighted by molar-refractivity contribution is -0.135. The summed E-state index contributed by atoms with van der Waals surface area (Å²) in [7, 11) is 0. The van der Waals surface area contributed by atoms with E-state index in [0.717, 1.165) is 22.6 Å². The molecule has 0 radical (unpaired) electrons. The Hall–Kier alpha value is -3.29. The van der Waals surface area contributed by atoms with Crippen molar-refractivity contribution in [2.45, 2.75) is 38.9 Å². The predicted octanol–water partition coefficient (Wildman–Crippen LogP) is 4.84. The molecule has 2 aromatic carbocycles. The number of halogens is 1. The van der Waals surface area contributed by atoms with Gasteiger partial charge in [-0.05, 0) is 62.2 Å². The highest BCUT2D eigenvalue weighted by atomic mass is 35.5. The zero-order valence-electron chi connectivity index (χ0n) is 18.5. The molecule has 5 rings (SSSR count). The average molecular weight is 465 g/mol. The number of aryl methyl sites for hydroxylation is 1. The van der Waals surface area contributed by atoms with Crippen LogP contribution >= 0.6 is 11.6 Å². The highest BCUT2D eigenvalue weighted by Gasteiger charge is 2.40. The average Bonchev–Trinajstić information content (AvgIpc) is 3.41. The van der Waals surface area contributed by atoms with E-state index >= 15 is 0 Å². The predicted molar refractivity (Wildman–Crippen MR) is 125 cm³/mol. The Morgan fingerprint density at radius 3 is 2.64 bits per heavy atom. The number of hydrogen-bond donors (Lipinski definition) is 1. The molecule has 0 aliphatic carbocycles. The normalized spacial score (nSPS) is 19.8. The van der Waals surface area contributed by atoms with E-state index < -0.39 is 0 Å². The molecule has 8 heteroatoms. The van der Waals surface area contributed by atoms with Gasteiger partial charge in [-0.25, -0.2) is 10.4 Å². The minimum Gasteiger partial charge on any atom is -0.494 e. The van der Waals surface area contributed by atoms with E-state index in [0.29, 0.717) is 36.2 Å². The molecule has 2 unspecified atom stereocenters. The molecule has 0 bridgehead atoms. The standard InChI is InChI=1S/C25H25ClN4O3/c1-3-32-20-10-6-17(7-11-20)21-14-23-25(31)29(12-13-30(23)28-21)15-22-16(2)33-24(27-22)18-4-8-19(26)9-5-18/h4-13,21,23,28H,3,14-15H2,1-2H3. The second kappa shape index (κ2) is 8.92. The summed E-state index contributed by atoms with van der Waals surface area (Å²) in [5.74, 6) is 2.10. The minimum atomic E-state index is -0.269. The molecule has 2 aliphatic heterocycles. The Morgan fingerprint density at radius 1 is 1.15 bits per heavy atom. The molecule has 1 fully saturated rings. The maximum absolute atomic E-state index is 13.3. The topological polar surface area (TPSA) is 70.8 Å². The number of hydrazine groups is 1. The number of fused-ring (bicyclic) bond motifs is 1. The fraction of sp³-hybridized carbons (Fsp3) is 0.280. The van der Waals surface area contributed by atoms with Crippen LogP contribution in [0.2, 0.25) is 5.02 Å². The maximum atomic E-state index is 13.3. The third kappa shape index (κ3) is 4.34.